The normalized spacial score (nSPS) is 17.2. The molecule has 1 saturated heterocycles. The highest BCUT2D eigenvalue weighted by atomic mass is 35.5. The molecule has 2 heterocycles. The number of hydrogen-bond donors (Lipinski definition) is 1. The first kappa shape index (κ1) is 21.1. The Balaban J connectivity index is 0.00000144. The highest BCUT2D eigenvalue weighted by Gasteiger charge is 2.24. The molecule has 0 aliphatic carbocycles. The van der Waals surface area contributed by atoms with E-state index in [-0.39, 0.29) is 36.8 Å². The van der Waals surface area contributed by atoms with Crippen LogP contribution in [0.4, 0.5) is 0 Å². The van der Waals surface area contributed by atoms with Gasteiger partial charge in [-0.25, -0.2) is 4.98 Å². The average Bonchev–Trinajstić information content (AvgIpc) is 2.86. The van der Waals surface area contributed by atoms with Gasteiger partial charge in [-0.15, -0.1) is 24.8 Å². The summed E-state index contributed by atoms with van der Waals surface area (Å²) in [7, 11) is 0. The molecule has 0 unspecified atom stereocenters. The van der Waals surface area contributed by atoms with Crippen LogP contribution in [0.5, 0.6) is 0 Å². The van der Waals surface area contributed by atoms with Crippen molar-refractivity contribution >= 4 is 53.5 Å². The van der Waals surface area contributed by atoms with Gasteiger partial charge < -0.3 is 14.8 Å². The van der Waals surface area contributed by atoms with E-state index in [0.29, 0.717) is 6.54 Å². The van der Waals surface area contributed by atoms with Gasteiger partial charge in [0.1, 0.15) is 12.4 Å². The van der Waals surface area contributed by atoms with Crippen LogP contribution in [0.25, 0.3) is 11.0 Å². The molecule has 3 rings (SSSR count). The number of piperazine rings is 1. The van der Waals surface area contributed by atoms with Crippen molar-refractivity contribution in [2.75, 3.05) is 25.9 Å². The number of nitrogens with one attached hydrogen (secondary N) is 1. The number of amides is 1. The summed E-state index contributed by atoms with van der Waals surface area (Å²) in [5.41, 5.74) is 2.01. The monoisotopic (exact) mass is 390 g/mol. The molecule has 1 fully saturated rings. The summed E-state index contributed by atoms with van der Waals surface area (Å²) in [5, 5.41) is 3.32. The van der Waals surface area contributed by atoms with Gasteiger partial charge in [-0.05, 0) is 25.3 Å². The summed E-state index contributed by atoms with van der Waals surface area (Å²) in [6.07, 6.45) is 2.06. The van der Waals surface area contributed by atoms with Crippen LogP contribution in [-0.2, 0) is 17.1 Å². The molecule has 24 heavy (non-hydrogen) atoms. The zero-order valence-electron chi connectivity index (χ0n) is 13.9. The van der Waals surface area contributed by atoms with Crippen LogP contribution >= 0.6 is 36.6 Å². The maximum atomic E-state index is 12.7. The minimum absolute atomic E-state index is 0. The third kappa shape index (κ3) is 4.36. The van der Waals surface area contributed by atoms with E-state index in [9.17, 15) is 4.79 Å². The Morgan fingerprint density at radius 1 is 1.38 bits per heavy atom. The number of thioether (sulfide) groups is 1. The van der Waals surface area contributed by atoms with Gasteiger partial charge in [0.15, 0.2) is 0 Å². The Hall–Kier alpha value is -0.950. The highest BCUT2D eigenvalue weighted by molar-refractivity contribution is 7.97. The second-order valence-electron chi connectivity index (χ2n) is 5.68. The number of para-hydroxylation sites is 2. The van der Waals surface area contributed by atoms with Crippen LogP contribution in [0.1, 0.15) is 12.7 Å². The quantitative estimate of drug-likeness (QED) is 0.871. The third-order valence-electron chi connectivity index (χ3n) is 4.12. The summed E-state index contributed by atoms with van der Waals surface area (Å²) < 4.78 is 2.07. The summed E-state index contributed by atoms with van der Waals surface area (Å²) in [4.78, 5) is 19.4. The van der Waals surface area contributed by atoms with Gasteiger partial charge in [-0.3, -0.25) is 4.79 Å². The Morgan fingerprint density at radius 2 is 2.12 bits per heavy atom. The van der Waals surface area contributed by atoms with E-state index >= 15 is 0 Å². The van der Waals surface area contributed by atoms with E-state index in [1.165, 1.54) is 0 Å². The number of fused-ring (bicyclic) bond motifs is 1. The van der Waals surface area contributed by atoms with Crippen molar-refractivity contribution in [3.63, 3.8) is 0 Å². The van der Waals surface area contributed by atoms with E-state index < -0.39 is 0 Å². The molecular weight excluding hydrogens is 367 g/mol. The van der Waals surface area contributed by atoms with Crippen molar-refractivity contribution in [1.82, 2.24) is 19.8 Å². The fourth-order valence-electron chi connectivity index (χ4n) is 2.98. The zero-order valence-corrected chi connectivity index (χ0v) is 16.3. The lowest BCUT2D eigenvalue weighted by Crippen LogP contribution is -2.53. The number of nitrogens with zero attached hydrogens (tertiary/aromatic N) is 3. The molecule has 8 heteroatoms. The van der Waals surface area contributed by atoms with Gasteiger partial charge in [-0.1, -0.05) is 12.1 Å². The second kappa shape index (κ2) is 9.51. The number of rotatable bonds is 4. The van der Waals surface area contributed by atoms with Crippen molar-refractivity contribution < 1.29 is 4.79 Å². The number of hydrogen-bond acceptors (Lipinski definition) is 4. The molecule has 0 radical (unpaired) electrons. The molecule has 0 saturated carbocycles. The van der Waals surface area contributed by atoms with Crippen LogP contribution in [-0.4, -0.2) is 52.3 Å². The summed E-state index contributed by atoms with van der Waals surface area (Å²) >= 11 is 1.73. The number of aromatic nitrogens is 2. The maximum Gasteiger partial charge on any atom is 0.242 e. The predicted molar refractivity (Wildman–Crippen MR) is 105 cm³/mol. The van der Waals surface area contributed by atoms with E-state index in [1.54, 1.807) is 11.8 Å². The minimum atomic E-state index is 0. The van der Waals surface area contributed by atoms with Crippen molar-refractivity contribution in [1.29, 1.82) is 0 Å². The van der Waals surface area contributed by atoms with E-state index in [2.05, 4.69) is 28.0 Å². The lowest BCUT2D eigenvalue weighted by molar-refractivity contribution is -0.134. The molecule has 1 aromatic heterocycles. The summed E-state index contributed by atoms with van der Waals surface area (Å²) in [5.74, 6) is 1.98. The topological polar surface area (TPSA) is 50.2 Å². The Bertz CT molecular complexity index is 679. The standard InChI is InChI=1S/C16H22N4OS.2ClH/c1-12-9-17-7-8-19(12)16(21)10-20-14-6-4-3-5-13(14)18-15(20)11-22-2;;/h3-6,12,17H,7-11H2,1-2H3;2*1H/t12-;;/m0../s1. The number of carbonyl (C=O) groups is 1. The van der Waals surface area contributed by atoms with Gasteiger partial charge >= 0.3 is 0 Å². The smallest absolute Gasteiger partial charge is 0.242 e. The first-order valence-corrected chi connectivity index (χ1v) is 9.03. The largest absolute Gasteiger partial charge is 0.336 e. The molecule has 5 nitrogen and oxygen atoms in total. The van der Waals surface area contributed by atoms with E-state index in [4.69, 9.17) is 0 Å². The van der Waals surface area contributed by atoms with Gasteiger partial charge in [0.25, 0.3) is 0 Å². The first-order valence-electron chi connectivity index (χ1n) is 7.64. The number of imidazole rings is 1. The molecule has 1 N–H and O–H groups in total. The van der Waals surface area contributed by atoms with Crippen molar-refractivity contribution in [3.8, 4) is 0 Å². The Morgan fingerprint density at radius 3 is 2.83 bits per heavy atom. The summed E-state index contributed by atoms with van der Waals surface area (Å²) in [6.45, 7) is 5.00. The van der Waals surface area contributed by atoms with Gasteiger partial charge in [0.05, 0.1) is 16.8 Å². The molecular formula is C16H24Cl2N4OS. The molecule has 0 spiro atoms. The van der Waals surface area contributed by atoms with Crippen LogP contribution in [0.3, 0.4) is 0 Å². The fourth-order valence-corrected chi connectivity index (χ4v) is 3.46. The van der Waals surface area contributed by atoms with Crippen LogP contribution in [0.2, 0.25) is 0 Å². The molecule has 1 atom stereocenters. The number of benzene rings is 1. The van der Waals surface area contributed by atoms with Crippen molar-refractivity contribution in [2.45, 2.75) is 25.3 Å². The van der Waals surface area contributed by atoms with Crippen molar-refractivity contribution in [3.05, 3.63) is 30.1 Å². The molecule has 1 aliphatic heterocycles. The van der Waals surface area contributed by atoms with Gasteiger partial charge in [0, 0.05) is 25.7 Å². The van der Waals surface area contributed by atoms with Crippen LogP contribution < -0.4 is 5.32 Å². The molecule has 1 aromatic carbocycles. The SMILES string of the molecule is CSCc1nc2ccccc2n1CC(=O)N1CCNC[C@@H]1C.Cl.Cl. The second-order valence-corrected chi connectivity index (χ2v) is 6.54. The van der Waals surface area contributed by atoms with E-state index in [1.807, 2.05) is 29.2 Å². The summed E-state index contributed by atoms with van der Waals surface area (Å²) in [6, 6.07) is 8.29. The number of carbonyl (C=O) groups excluding carboxylic acids is 1. The molecule has 1 amide bonds. The molecule has 2 aromatic rings. The Kier molecular flexibility index (Phi) is 8.36. The first-order chi connectivity index (χ1) is 10.7. The molecule has 0 bridgehead atoms. The zero-order chi connectivity index (χ0) is 15.5. The van der Waals surface area contributed by atoms with Gasteiger partial charge in [0.2, 0.25) is 5.91 Å². The van der Waals surface area contributed by atoms with Crippen LogP contribution in [0, 0.1) is 0 Å². The minimum Gasteiger partial charge on any atom is -0.336 e. The molecule has 1 aliphatic rings. The maximum absolute atomic E-state index is 12.7. The fraction of sp³-hybridized carbons (Fsp3) is 0.500. The lowest BCUT2D eigenvalue weighted by Gasteiger charge is -2.34. The van der Waals surface area contributed by atoms with Gasteiger partial charge in [-0.2, -0.15) is 11.8 Å². The molecule has 134 valence electrons. The highest BCUT2D eigenvalue weighted by Crippen LogP contribution is 2.19. The van der Waals surface area contributed by atoms with E-state index in [0.717, 1.165) is 42.2 Å². The van der Waals surface area contributed by atoms with Crippen molar-refractivity contribution in [2.24, 2.45) is 0 Å². The predicted octanol–water partition coefficient (Wildman–Crippen LogP) is 2.56. The lowest BCUT2D eigenvalue weighted by atomic mass is 10.2. The van der Waals surface area contributed by atoms with Crippen LogP contribution in [0.15, 0.2) is 24.3 Å². The number of halogens is 2. The average molecular weight is 391 g/mol. The third-order valence-corrected chi connectivity index (χ3v) is 4.67. The Labute approximate surface area is 159 Å².